The standard InChI is InChI=1S/C25H40O6/c1-3-4-5-6-10-13-16-23-24(31-23)17-14-11-8-7-9-12-15-18-25(28)30-22(19-26)20-29-21(2)27/h7,9-11,13-14,22-24,26H,3-6,8,12,15-20H2,1-2H3/b9-7-,13-10-,14-11-/t22-,23?,24?/m0/s1. The van der Waals surface area contributed by atoms with Crippen molar-refractivity contribution in [1.29, 1.82) is 0 Å². The number of rotatable bonds is 18. The van der Waals surface area contributed by atoms with Gasteiger partial charge in [-0.25, -0.2) is 0 Å². The van der Waals surface area contributed by atoms with Gasteiger partial charge in [-0.15, -0.1) is 0 Å². The highest BCUT2D eigenvalue weighted by Gasteiger charge is 2.35. The fraction of sp³-hybridized carbons (Fsp3) is 0.680. The summed E-state index contributed by atoms with van der Waals surface area (Å²) in [5.74, 6) is -0.863. The van der Waals surface area contributed by atoms with E-state index < -0.39 is 18.0 Å². The van der Waals surface area contributed by atoms with Crippen LogP contribution in [0, 0.1) is 0 Å². The zero-order valence-corrected chi connectivity index (χ0v) is 19.2. The minimum atomic E-state index is -0.797. The Morgan fingerprint density at radius 3 is 2.29 bits per heavy atom. The van der Waals surface area contributed by atoms with Crippen molar-refractivity contribution in [3.63, 3.8) is 0 Å². The molecule has 31 heavy (non-hydrogen) atoms. The van der Waals surface area contributed by atoms with Gasteiger partial charge < -0.3 is 19.3 Å². The van der Waals surface area contributed by atoms with Gasteiger partial charge in [0.2, 0.25) is 0 Å². The monoisotopic (exact) mass is 436 g/mol. The lowest BCUT2D eigenvalue weighted by Gasteiger charge is -2.14. The number of esters is 2. The van der Waals surface area contributed by atoms with Crippen molar-refractivity contribution in [2.45, 2.75) is 96.4 Å². The molecule has 1 aliphatic rings. The van der Waals surface area contributed by atoms with E-state index in [1.165, 1.54) is 32.6 Å². The highest BCUT2D eigenvalue weighted by atomic mass is 16.6. The van der Waals surface area contributed by atoms with Crippen molar-refractivity contribution in [2.75, 3.05) is 13.2 Å². The molecule has 0 amide bonds. The molecule has 1 rings (SSSR count). The lowest BCUT2D eigenvalue weighted by Crippen LogP contribution is -2.28. The van der Waals surface area contributed by atoms with E-state index in [9.17, 15) is 9.59 Å². The first-order chi connectivity index (χ1) is 15.1. The van der Waals surface area contributed by atoms with Crippen LogP contribution in [0.4, 0.5) is 0 Å². The molecule has 0 aromatic heterocycles. The van der Waals surface area contributed by atoms with E-state index in [1.54, 1.807) is 0 Å². The molecule has 1 saturated heterocycles. The van der Waals surface area contributed by atoms with Crippen LogP contribution in [0.5, 0.6) is 0 Å². The summed E-state index contributed by atoms with van der Waals surface area (Å²) in [7, 11) is 0. The number of epoxide rings is 1. The van der Waals surface area contributed by atoms with Crippen LogP contribution in [-0.2, 0) is 23.8 Å². The molecule has 1 N–H and O–H groups in total. The van der Waals surface area contributed by atoms with Crippen LogP contribution in [0.1, 0.15) is 78.1 Å². The van der Waals surface area contributed by atoms with Crippen molar-refractivity contribution in [3.05, 3.63) is 36.5 Å². The Kier molecular flexibility index (Phi) is 15.5. The van der Waals surface area contributed by atoms with Crippen LogP contribution in [0.3, 0.4) is 0 Å². The Morgan fingerprint density at radius 1 is 0.968 bits per heavy atom. The summed E-state index contributed by atoms with van der Waals surface area (Å²) >= 11 is 0. The van der Waals surface area contributed by atoms with Gasteiger partial charge in [0.25, 0.3) is 0 Å². The van der Waals surface area contributed by atoms with E-state index in [1.807, 2.05) is 0 Å². The molecule has 0 saturated carbocycles. The summed E-state index contributed by atoms with van der Waals surface area (Å²) in [4.78, 5) is 22.5. The van der Waals surface area contributed by atoms with Crippen molar-refractivity contribution < 1.29 is 28.9 Å². The molecule has 1 fully saturated rings. The third kappa shape index (κ3) is 15.5. The van der Waals surface area contributed by atoms with E-state index in [2.05, 4.69) is 43.4 Å². The quantitative estimate of drug-likeness (QED) is 0.144. The molecular weight excluding hydrogens is 396 g/mol. The second-order valence-corrected chi connectivity index (χ2v) is 7.82. The van der Waals surface area contributed by atoms with Gasteiger partial charge in [-0.1, -0.05) is 56.2 Å². The SMILES string of the molecule is CCCCC/C=C\CC1OC1C/C=C\C/C=C\CCCC(=O)O[C@@H](CO)COC(C)=O. The van der Waals surface area contributed by atoms with Gasteiger partial charge >= 0.3 is 11.9 Å². The maximum Gasteiger partial charge on any atom is 0.306 e. The molecular formula is C25H40O6. The first-order valence-corrected chi connectivity index (χ1v) is 11.6. The largest absolute Gasteiger partial charge is 0.462 e. The number of aliphatic hydroxyl groups excluding tert-OH is 1. The van der Waals surface area contributed by atoms with Gasteiger partial charge in [0.15, 0.2) is 6.10 Å². The zero-order valence-electron chi connectivity index (χ0n) is 19.2. The molecule has 6 nitrogen and oxygen atoms in total. The number of unbranched alkanes of at least 4 members (excludes halogenated alkanes) is 4. The summed E-state index contributed by atoms with van der Waals surface area (Å²) in [6, 6.07) is 0. The lowest BCUT2D eigenvalue weighted by molar-refractivity contribution is -0.160. The van der Waals surface area contributed by atoms with Gasteiger partial charge in [0.05, 0.1) is 18.8 Å². The highest BCUT2D eigenvalue weighted by Crippen LogP contribution is 2.29. The van der Waals surface area contributed by atoms with Crippen LogP contribution < -0.4 is 0 Å². The third-order valence-corrected chi connectivity index (χ3v) is 4.90. The summed E-state index contributed by atoms with van der Waals surface area (Å²) < 4.78 is 15.5. The van der Waals surface area contributed by atoms with E-state index >= 15 is 0 Å². The maximum atomic E-state index is 11.7. The first-order valence-electron chi connectivity index (χ1n) is 11.6. The Hall–Kier alpha value is -1.92. The fourth-order valence-corrected chi connectivity index (χ4v) is 3.02. The van der Waals surface area contributed by atoms with E-state index in [4.69, 9.17) is 19.3 Å². The van der Waals surface area contributed by atoms with Gasteiger partial charge in [-0.05, 0) is 44.9 Å². The van der Waals surface area contributed by atoms with Crippen LogP contribution in [0.25, 0.3) is 0 Å². The molecule has 0 bridgehead atoms. The van der Waals surface area contributed by atoms with Gasteiger partial charge in [-0.2, -0.15) is 0 Å². The number of allylic oxidation sites excluding steroid dienone is 4. The predicted molar refractivity (Wildman–Crippen MR) is 122 cm³/mol. The molecule has 0 aromatic rings. The minimum absolute atomic E-state index is 0.119. The molecule has 1 heterocycles. The Balaban J connectivity index is 1.99. The Labute approximate surface area is 187 Å². The van der Waals surface area contributed by atoms with Crippen LogP contribution in [0.2, 0.25) is 0 Å². The number of hydrogen-bond acceptors (Lipinski definition) is 6. The first kappa shape index (κ1) is 27.1. The topological polar surface area (TPSA) is 85.4 Å². The number of hydrogen-bond donors (Lipinski definition) is 1. The zero-order chi connectivity index (χ0) is 22.7. The second kappa shape index (κ2) is 17.7. The van der Waals surface area contributed by atoms with Crippen molar-refractivity contribution >= 4 is 11.9 Å². The van der Waals surface area contributed by atoms with Crippen molar-refractivity contribution in [2.24, 2.45) is 0 Å². The normalized spacial score (nSPS) is 19.3. The average Bonchev–Trinajstić information content (AvgIpc) is 3.50. The molecule has 176 valence electrons. The lowest BCUT2D eigenvalue weighted by atomic mass is 10.1. The van der Waals surface area contributed by atoms with Crippen LogP contribution in [-0.4, -0.2) is 48.6 Å². The maximum absolute atomic E-state index is 11.7. The number of carbonyl (C=O) groups excluding carboxylic acids is 2. The average molecular weight is 437 g/mol. The Morgan fingerprint density at radius 2 is 1.61 bits per heavy atom. The molecule has 3 atom stereocenters. The Bertz CT molecular complexity index is 581. The fourth-order valence-electron chi connectivity index (χ4n) is 3.02. The number of ether oxygens (including phenoxy) is 3. The van der Waals surface area contributed by atoms with Gasteiger partial charge in [-0.3, -0.25) is 9.59 Å². The molecule has 0 aliphatic carbocycles. The molecule has 0 spiro atoms. The number of carbonyl (C=O) groups is 2. The van der Waals surface area contributed by atoms with E-state index in [0.29, 0.717) is 18.6 Å². The van der Waals surface area contributed by atoms with Crippen molar-refractivity contribution in [1.82, 2.24) is 0 Å². The second-order valence-electron chi connectivity index (χ2n) is 7.82. The predicted octanol–water partition coefficient (Wildman–Crippen LogP) is 4.81. The summed E-state index contributed by atoms with van der Waals surface area (Å²) in [6.45, 7) is 3.00. The molecule has 1 aliphatic heterocycles. The van der Waals surface area contributed by atoms with E-state index in [-0.39, 0.29) is 19.6 Å². The number of aliphatic hydroxyl groups is 1. The summed E-state index contributed by atoms with van der Waals surface area (Å²) in [5.41, 5.74) is 0. The summed E-state index contributed by atoms with van der Waals surface area (Å²) in [5, 5.41) is 9.13. The molecule has 2 unspecified atom stereocenters. The van der Waals surface area contributed by atoms with E-state index in [0.717, 1.165) is 25.7 Å². The highest BCUT2D eigenvalue weighted by molar-refractivity contribution is 5.69. The smallest absolute Gasteiger partial charge is 0.306 e. The summed E-state index contributed by atoms with van der Waals surface area (Å²) in [6.07, 6.45) is 22.6. The minimum Gasteiger partial charge on any atom is -0.462 e. The van der Waals surface area contributed by atoms with Crippen LogP contribution >= 0.6 is 0 Å². The molecule has 6 heteroatoms. The molecule has 0 aromatic carbocycles. The van der Waals surface area contributed by atoms with Gasteiger partial charge in [0.1, 0.15) is 6.61 Å². The van der Waals surface area contributed by atoms with Crippen LogP contribution in [0.15, 0.2) is 36.5 Å². The van der Waals surface area contributed by atoms with Gasteiger partial charge in [0, 0.05) is 13.3 Å². The molecule has 0 radical (unpaired) electrons. The third-order valence-electron chi connectivity index (χ3n) is 4.90. The van der Waals surface area contributed by atoms with Crippen molar-refractivity contribution in [3.8, 4) is 0 Å².